The fourth-order valence-corrected chi connectivity index (χ4v) is 3.00. The zero-order valence-electron chi connectivity index (χ0n) is 9.75. The highest BCUT2D eigenvalue weighted by molar-refractivity contribution is 8.03. The van der Waals surface area contributed by atoms with Gasteiger partial charge in [-0.1, -0.05) is 17.7 Å². The molecule has 96 valence electrons. The van der Waals surface area contributed by atoms with Crippen LogP contribution in [0.3, 0.4) is 0 Å². The lowest BCUT2D eigenvalue weighted by molar-refractivity contribution is -0.403. The molecular formula is C11H12ClN3O2S. The zero-order chi connectivity index (χ0) is 13.1. The number of pyridine rings is 1. The molecule has 1 fully saturated rings. The Balaban J connectivity index is 2.15. The third kappa shape index (κ3) is 3.14. The van der Waals surface area contributed by atoms with Crippen molar-refractivity contribution in [2.24, 2.45) is 0 Å². The molecule has 2 heterocycles. The lowest BCUT2D eigenvalue weighted by atomic mass is 10.2. The number of thioether (sulfide) groups is 1. The molecule has 18 heavy (non-hydrogen) atoms. The van der Waals surface area contributed by atoms with Gasteiger partial charge in [-0.15, -0.1) is 11.8 Å². The van der Waals surface area contributed by atoms with Gasteiger partial charge in [0.05, 0.1) is 4.92 Å². The van der Waals surface area contributed by atoms with Gasteiger partial charge in [-0.25, -0.2) is 4.98 Å². The molecule has 0 amide bonds. The summed E-state index contributed by atoms with van der Waals surface area (Å²) in [6, 6.07) is 3.88. The molecule has 0 bridgehead atoms. The Morgan fingerprint density at radius 1 is 1.72 bits per heavy atom. The zero-order valence-corrected chi connectivity index (χ0v) is 11.3. The minimum absolute atomic E-state index is 0.275. The van der Waals surface area contributed by atoms with Crippen LogP contribution in [0.5, 0.6) is 0 Å². The van der Waals surface area contributed by atoms with E-state index in [2.05, 4.69) is 11.9 Å². The first-order valence-corrected chi connectivity index (χ1v) is 6.78. The van der Waals surface area contributed by atoms with Crippen molar-refractivity contribution < 1.29 is 4.92 Å². The van der Waals surface area contributed by atoms with E-state index in [-0.39, 0.29) is 6.04 Å². The minimum atomic E-state index is -0.409. The average molecular weight is 286 g/mol. The van der Waals surface area contributed by atoms with Gasteiger partial charge in [0.1, 0.15) is 10.2 Å². The first-order valence-electron chi connectivity index (χ1n) is 5.41. The maximum absolute atomic E-state index is 10.6. The molecular weight excluding hydrogens is 274 g/mol. The van der Waals surface area contributed by atoms with E-state index in [4.69, 9.17) is 11.6 Å². The topological polar surface area (TPSA) is 59.3 Å². The number of hydrogen-bond acceptors (Lipinski definition) is 5. The smallest absolute Gasteiger partial charge is 0.264 e. The van der Waals surface area contributed by atoms with Crippen LogP contribution in [0.25, 0.3) is 0 Å². The summed E-state index contributed by atoms with van der Waals surface area (Å²) in [5.74, 6) is 0.862. The van der Waals surface area contributed by atoms with E-state index in [0.29, 0.717) is 16.7 Å². The Bertz CT molecular complexity index is 478. The molecule has 1 atom stereocenters. The number of halogens is 1. The van der Waals surface area contributed by atoms with Crippen LogP contribution in [-0.2, 0) is 6.54 Å². The van der Waals surface area contributed by atoms with Crippen LogP contribution in [0.1, 0.15) is 12.5 Å². The highest BCUT2D eigenvalue weighted by atomic mass is 35.5. The van der Waals surface area contributed by atoms with Crippen LogP contribution in [-0.4, -0.2) is 26.6 Å². The van der Waals surface area contributed by atoms with Gasteiger partial charge in [-0.2, -0.15) is 0 Å². The largest absolute Gasteiger partial charge is 0.353 e. The summed E-state index contributed by atoms with van der Waals surface area (Å²) in [5.41, 5.74) is 0.989. The molecule has 2 rings (SSSR count). The van der Waals surface area contributed by atoms with Crippen LogP contribution in [0, 0.1) is 10.1 Å². The lowest BCUT2D eigenvalue weighted by Gasteiger charge is -2.22. The van der Waals surface area contributed by atoms with Crippen LogP contribution in [0.4, 0.5) is 0 Å². The van der Waals surface area contributed by atoms with Crippen molar-refractivity contribution in [3.63, 3.8) is 0 Å². The highest BCUT2D eigenvalue weighted by Crippen LogP contribution is 2.33. The van der Waals surface area contributed by atoms with Crippen LogP contribution < -0.4 is 0 Å². The molecule has 1 unspecified atom stereocenters. The molecule has 0 spiro atoms. The SMILES string of the molecule is CC1CS/C(=C\[N+](=O)[O-])N1Cc1ccc(Cl)nc1. The van der Waals surface area contributed by atoms with Gasteiger partial charge < -0.3 is 4.90 Å². The monoisotopic (exact) mass is 285 g/mol. The van der Waals surface area contributed by atoms with Gasteiger partial charge in [0.15, 0.2) is 0 Å². The van der Waals surface area contributed by atoms with Crippen molar-refractivity contribution >= 4 is 23.4 Å². The minimum Gasteiger partial charge on any atom is -0.353 e. The second-order valence-electron chi connectivity index (χ2n) is 4.03. The van der Waals surface area contributed by atoms with E-state index < -0.39 is 4.92 Å². The summed E-state index contributed by atoms with van der Waals surface area (Å²) in [7, 11) is 0. The average Bonchev–Trinajstić information content (AvgIpc) is 2.64. The van der Waals surface area contributed by atoms with Gasteiger partial charge in [0.2, 0.25) is 0 Å². The molecule has 0 N–H and O–H groups in total. The summed E-state index contributed by atoms with van der Waals surface area (Å²) in [6.45, 7) is 2.66. The van der Waals surface area contributed by atoms with Crippen molar-refractivity contribution in [1.82, 2.24) is 9.88 Å². The fourth-order valence-electron chi connectivity index (χ4n) is 1.73. The number of rotatable bonds is 3. The lowest BCUT2D eigenvalue weighted by Crippen LogP contribution is -2.26. The molecule has 1 aliphatic heterocycles. The Hall–Kier alpha value is -1.27. The van der Waals surface area contributed by atoms with Crippen molar-refractivity contribution in [1.29, 1.82) is 0 Å². The maximum atomic E-state index is 10.6. The van der Waals surface area contributed by atoms with Gasteiger partial charge in [-0.05, 0) is 18.6 Å². The van der Waals surface area contributed by atoms with E-state index in [0.717, 1.165) is 17.5 Å². The summed E-state index contributed by atoms with van der Waals surface area (Å²) < 4.78 is 0. The summed E-state index contributed by atoms with van der Waals surface area (Å²) >= 11 is 7.23. The van der Waals surface area contributed by atoms with Crippen molar-refractivity contribution in [3.8, 4) is 0 Å². The third-order valence-corrected chi connectivity index (χ3v) is 4.15. The van der Waals surface area contributed by atoms with Crippen LogP contribution >= 0.6 is 23.4 Å². The maximum Gasteiger partial charge on any atom is 0.264 e. The fraction of sp³-hybridized carbons (Fsp3) is 0.364. The summed E-state index contributed by atoms with van der Waals surface area (Å²) in [5, 5.41) is 11.7. The van der Waals surface area contributed by atoms with Crippen LogP contribution in [0.15, 0.2) is 29.6 Å². The number of aromatic nitrogens is 1. The molecule has 0 saturated carbocycles. The molecule has 1 saturated heterocycles. The Labute approximate surface area is 114 Å². The van der Waals surface area contributed by atoms with E-state index in [1.54, 1.807) is 12.3 Å². The first kappa shape index (κ1) is 13.2. The first-order chi connectivity index (χ1) is 8.56. The molecule has 0 aliphatic carbocycles. The normalized spacial score (nSPS) is 21.6. The summed E-state index contributed by atoms with van der Waals surface area (Å²) in [4.78, 5) is 16.2. The number of nitrogens with zero attached hydrogens (tertiary/aromatic N) is 3. The molecule has 7 heteroatoms. The quantitative estimate of drug-likeness (QED) is 0.485. The van der Waals surface area contributed by atoms with Crippen molar-refractivity contribution in [2.45, 2.75) is 19.5 Å². The molecule has 1 aromatic heterocycles. The molecule has 0 radical (unpaired) electrons. The highest BCUT2D eigenvalue weighted by Gasteiger charge is 2.27. The Morgan fingerprint density at radius 3 is 3.11 bits per heavy atom. The van der Waals surface area contributed by atoms with E-state index in [9.17, 15) is 10.1 Å². The predicted molar refractivity (Wildman–Crippen MR) is 71.8 cm³/mol. The van der Waals surface area contributed by atoms with Gasteiger partial charge in [-0.3, -0.25) is 10.1 Å². The summed E-state index contributed by atoms with van der Waals surface area (Å²) in [6.07, 6.45) is 2.76. The molecule has 1 aliphatic rings. The standard InChI is InChI=1S/C11H12ClN3O2S/c1-8-7-18-11(6-15(16)17)14(8)5-9-2-3-10(12)13-4-9/h2-4,6,8H,5,7H2,1H3/b11-6-. The predicted octanol–water partition coefficient (Wildman–Crippen LogP) is 2.75. The molecule has 1 aromatic rings. The second kappa shape index (κ2) is 5.58. The third-order valence-electron chi connectivity index (χ3n) is 2.64. The number of hydrogen-bond donors (Lipinski definition) is 0. The Morgan fingerprint density at radius 2 is 2.50 bits per heavy atom. The van der Waals surface area contributed by atoms with Crippen LogP contribution in [0.2, 0.25) is 5.15 Å². The van der Waals surface area contributed by atoms with Crippen molar-refractivity contribution in [3.05, 3.63) is 50.4 Å². The molecule has 0 aromatic carbocycles. The van der Waals surface area contributed by atoms with E-state index in [1.165, 1.54) is 11.8 Å². The molecule has 5 nitrogen and oxygen atoms in total. The Kier molecular flexibility index (Phi) is 4.08. The van der Waals surface area contributed by atoms with Crippen molar-refractivity contribution in [2.75, 3.05) is 5.75 Å². The number of nitro groups is 1. The van der Waals surface area contributed by atoms with E-state index in [1.807, 2.05) is 11.0 Å². The van der Waals surface area contributed by atoms with Gasteiger partial charge >= 0.3 is 0 Å². The van der Waals surface area contributed by atoms with Gasteiger partial charge in [0.25, 0.3) is 6.20 Å². The van der Waals surface area contributed by atoms with Gasteiger partial charge in [0, 0.05) is 24.5 Å². The van der Waals surface area contributed by atoms with E-state index >= 15 is 0 Å². The second-order valence-corrected chi connectivity index (χ2v) is 5.46.